The minimum atomic E-state index is 0.314. The van der Waals surface area contributed by atoms with E-state index in [1.54, 1.807) is 6.07 Å². The van der Waals surface area contributed by atoms with Crippen molar-refractivity contribution in [1.82, 2.24) is 9.97 Å². The molecule has 2 heterocycles. The van der Waals surface area contributed by atoms with Crippen molar-refractivity contribution in [2.24, 2.45) is 5.73 Å². The van der Waals surface area contributed by atoms with Crippen molar-refractivity contribution in [3.8, 4) is 0 Å². The molecule has 0 aromatic carbocycles. The first kappa shape index (κ1) is 12.6. The van der Waals surface area contributed by atoms with Gasteiger partial charge in [-0.1, -0.05) is 12.2 Å². The molecule has 0 aliphatic carbocycles. The quantitative estimate of drug-likeness (QED) is 0.811. The number of hydrogen-bond acceptors (Lipinski definition) is 5. The Morgan fingerprint density at radius 3 is 3.12 bits per heavy atom. The number of nitrogens with one attached hydrogen (secondary N) is 1. The Labute approximate surface area is 111 Å². The lowest BCUT2D eigenvalue weighted by Crippen LogP contribution is -2.18. The predicted molar refractivity (Wildman–Crippen MR) is 76.6 cm³/mol. The Bertz CT molecular complexity index is 416. The average Bonchev–Trinajstić information content (AvgIpc) is 2.78. The fraction of sp³-hybridized carbons (Fsp3) is 0.545. The Balaban J connectivity index is 2.01. The normalized spacial score (nSPS) is 19.2. The van der Waals surface area contributed by atoms with Crippen LogP contribution < -0.4 is 11.1 Å². The molecule has 92 valence electrons. The first-order chi connectivity index (χ1) is 8.15. The maximum atomic E-state index is 5.58. The lowest BCUT2D eigenvalue weighted by Gasteiger charge is -2.11. The summed E-state index contributed by atoms with van der Waals surface area (Å²) in [5.41, 5.74) is 7.09. The third-order valence-electron chi connectivity index (χ3n) is 2.62. The van der Waals surface area contributed by atoms with Crippen LogP contribution in [0.5, 0.6) is 0 Å². The number of aromatic nitrogens is 2. The van der Waals surface area contributed by atoms with Crippen molar-refractivity contribution in [3.63, 3.8) is 0 Å². The van der Waals surface area contributed by atoms with Crippen molar-refractivity contribution in [1.29, 1.82) is 0 Å². The first-order valence-corrected chi connectivity index (χ1v) is 7.12. The van der Waals surface area contributed by atoms with E-state index >= 15 is 0 Å². The lowest BCUT2D eigenvalue weighted by atomic mass is 10.2. The molecule has 1 unspecified atom stereocenters. The van der Waals surface area contributed by atoms with Gasteiger partial charge in [-0.3, -0.25) is 0 Å². The Kier molecular flexibility index (Phi) is 4.17. The van der Waals surface area contributed by atoms with Gasteiger partial charge in [-0.15, -0.1) is 0 Å². The average molecular weight is 268 g/mol. The minimum absolute atomic E-state index is 0.314. The van der Waals surface area contributed by atoms with Gasteiger partial charge in [0.25, 0.3) is 0 Å². The molecule has 0 spiro atoms. The Morgan fingerprint density at radius 2 is 2.47 bits per heavy atom. The molecule has 0 amide bonds. The van der Waals surface area contributed by atoms with Crippen molar-refractivity contribution in [2.75, 3.05) is 17.6 Å². The number of hydrogen-bond donors (Lipinski definition) is 2. The highest BCUT2D eigenvalue weighted by Crippen LogP contribution is 2.25. The Hall–Kier alpha value is -0.880. The van der Waals surface area contributed by atoms with Gasteiger partial charge in [0.2, 0.25) is 5.95 Å². The summed E-state index contributed by atoms with van der Waals surface area (Å²) in [6.45, 7) is 2.82. The highest BCUT2D eigenvalue weighted by Gasteiger charge is 2.15. The summed E-state index contributed by atoms with van der Waals surface area (Å²) in [4.78, 5) is 8.94. The number of thioether (sulfide) groups is 1. The number of anilines is 1. The summed E-state index contributed by atoms with van der Waals surface area (Å²) in [6.07, 6.45) is 2.58. The zero-order valence-electron chi connectivity index (χ0n) is 9.77. The molecule has 0 bridgehead atoms. The highest BCUT2D eigenvalue weighted by atomic mass is 32.2. The summed E-state index contributed by atoms with van der Waals surface area (Å²) < 4.78 is 0. The van der Waals surface area contributed by atoms with Gasteiger partial charge in [-0.05, 0) is 31.6 Å². The van der Waals surface area contributed by atoms with Crippen LogP contribution in [0.25, 0.3) is 0 Å². The van der Waals surface area contributed by atoms with E-state index in [9.17, 15) is 0 Å². The van der Waals surface area contributed by atoms with E-state index in [0.29, 0.717) is 21.9 Å². The number of rotatable bonds is 4. The van der Waals surface area contributed by atoms with Crippen LogP contribution >= 0.6 is 24.0 Å². The molecule has 4 nitrogen and oxygen atoms in total. The smallest absolute Gasteiger partial charge is 0.223 e. The number of nitrogens with zero attached hydrogens (tertiary/aromatic N) is 2. The van der Waals surface area contributed by atoms with Crippen molar-refractivity contribution in [3.05, 3.63) is 17.5 Å². The molecule has 0 radical (unpaired) electrons. The zero-order chi connectivity index (χ0) is 12.3. The van der Waals surface area contributed by atoms with Gasteiger partial charge >= 0.3 is 0 Å². The molecule has 1 fully saturated rings. The van der Waals surface area contributed by atoms with Crippen LogP contribution in [-0.4, -0.2) is 32.5 Å². The Morgan fingerprint density at radius 1 is 1.65 bits per heavy atom. The van der Waals surface area contributed by atoms with E-state index in [1.807, 2.05) is 18.7 Å². The van der Waals surface area contributed by atoms with E-state index in [4.69, 9.17) is 18.0 Å². The molecule has 17 heavy (non-hydrogen) atoms. The number of nitrogens with two attached hydrogens (primary N) is 1. The largest absolute Gasteiger partial charge is 0.388 e. The van der Waals surface area contributed by atoms with Gasteiger partial charge in [-0.25, -0.2) is 9.97 Å². The van der Waals surface area contributed by atoms with Gasteiger partial charge in [0.1, 0.15) is 10.7 Å². The second-order valence-corrected chi connectivity index (χ2v) is 5.95. The molecular formula is C11H16N4S2. The van der Waals surface area contributed by atoms with E-state index in [1.165, 1.54) is 18.6 Å². The van der Waals surface area contributed by atoms with Crippen LogP contribution in [0.1, 0.15) is 24.2 Å². The molecule has 1 aromatic rings. The molecular weight excluding hydrogens is 252 g/mol. The van der Waals surface area contributed by atoms with Crippen molar-refractivity contribution in [2.45, 2.75) is 25.0 Å². The summed E-state index contributed by atoms with van der Waals surface area (Å²) in [5, 5.41) is 3.94. The monoisotopic (exact) mass is 268 g/mol. The molecule has 1 atom stereocenters. The molecule has 0 saturated carbocycles. The molecule has 1 aliphatic rings. The zero-order valence-corrected chi connectivity index (χ0v) is 11.4. The first-order valence-electron chi connectivity index (χ1n) is 5.66. The number of thiocarbonyl (C=S) groups is 1. The van der Waals surface area contributed by atoms with Crippen molar-refractivity contribution < 1.29 is 0 Å². The third-order valence-corrected chi connectivity index (χ3v) is 4.23. The summed E-state index contributed by atoms with van der Waals surface area (Å²) in [6, 6.07) is 1.80. The molecule has 1 aliphatic heterocycles. The van der Waals surface area contributed by atoms with Crippen LogP contribution in [0.3, 0.4) is 0 Å². The molecule has 1 saturated heterocycles. The third kappa shape index (κ3) is 3.54. The van der Waals surface area contributed by atoms with Crippen LogP contribution in [0.2, 0.25) is 0 Å². The fourth-order valence-corrected chi connectivity index (χ4v) is 3.09. The van der Waals surface area contributed by atoms with Gasteiger partial charge < -0.3 is 11.1 Å². The predicted octanol–water partition coefficient (Wildman–Crippen LogP) is 1.73. The summed E-state index contributed by atoms with van der Waals surface area (Å²) >= 11 is 6.94. The van der Waals surface area contributed by atoms with Gasteiger partial charge in [0, 0.05) is 17.5 Å². The SMILES string of the molecule is Cc1cc(C(N)=S)nc(NCC2CCCS2)n1. The second-order valence-electron chi connectivity index (χ2n) is 4.10. The van der Waals surface area contributed by atoms with Crippen molar-refractivity contribution >= 4 is 34.9 Å². The second kappa shape index (κ2) is 5.64. The molecule has 1 aromatic heterocycles. The molecule has 6 heteroatoms. The maximum absolute atomic E-state index is 5.58. The van der Waals surface area contributed by atoms with Crippen LogP contribution in [0, 0.1) is 6.92 Å². The standard InChI is InChI=1S/C11H16N4S2/c1-7-5-9(10(12)16)15-11(14-7)13-6-8-3-2-4-17-8/h5,8H,2-4,6H2,1H3,(H2,12,16)(H,13,14,15). The van der Waals surface area contributed by atoms with Crippen LogP contribution in [-0.2, 0) is 0 Å². The summed E-state index contributed by atoms with van der Waals surface area (Å²) in [5.74, 6) is 1.89. The number of aryl methyl sites for hydroxylation is 1. The highest BCUT2D eigenvalue weighted by molar-refractivity contribution is 8.00. The van der Waals surface area contributed by atoms with Crippen LogP contribution in [0.15, 0.2) is 6.07 Å². The maximum Gasteiger partial charge on any atom is 0.223 e. The van der Waals surface area contributed by atoms with Gasteiger partial charge in [0.05, 0.1) is 0 Å². The van der Waals surface area contributed by atoms with E-state index in [2.05, 4.69) is 15.3 Å². The van der Waals surface area contributed by atoms with E-state index < -0.39 is 0 Å². The van der Waals surface area contributed by atoms with Gasteiger partial charge in [-0.2, -0.15) is 11.8 Å². The van der Waals surface area contributed by atoms with E-state index in [0.717, 1.165) is 12.2 Å². The molecule has 3 N–H and O–H groups in total. The molecule has 2 rings (SSSR count). The fourth-order valence-electron chi connectivity index (χ4n) is 1.78. The summed E-state index contributed by atoms with van der Waals surface area (Å²) in [7, 11) is 0. The van der Waals surface area contributed by atoms with Gasteiger partial charge in [0.15, 0.2) is 0 Å². The lowest BCUT2D eigenvalue weighted by molar-refractivity contribution is 0.800. The van der Waals surface area contributed by atoms with Crippen LogP contribution in [0.4, 0.5) is 5.95 Å². The van der Waals surface area contributed by atoms with E-state index in [-0.39, 0.29) is 0 Å². The minimum Gasteiger partial charge on any atom is -0.388 e. The topological polar surface area (TPSA) is 63.8 Å².